The first-order valence-electron chi connectivity index (χ1n) is 8.87. The minimum Gasteiger partial charge on any atom is -0.339 e. The molecule has 1 saturated carbocycles. The van der Waals surface area contributed by atoms with Gasteiger partial charge in [-0.25, -0.2) is 0 Å². The molecule has 0 unspecified atom stereocenters. The standard InChI is InChI=1S/C18H22N4O4/c1-3-12(2)21(18(23)14-4-5-14)11-10-16-19-17(20-26-16)13-6-8-15(9-7-13)22(24)25/h6-9,12,14H,3-5,10-11H2,1-2H3/t12-/m0/s1. The molecule has 0 radical (unpaired) electrons. The van der Waals surface area contributed by atoms with Gasteiger partial charge in [-0.05, 0) is 38.3 Å². The predicted molar refractivity (Wildman–Crippen MR) is 94.3 cm³/mol. The molecule has 138 valence electrons. The summed E-state index contributed by atoms with van der Waals surface area (Å²) in [4.78, 5) is 29.0. The average Bonchev–Trinajstić information content (AvgIpc) is 3.40. The monoisotopic (exact) mass is 358 g/mol. The third-order valence-corrected chi connectivity index (χ3v) is 4.70. The fourth-order valence-corrected chi connectivity index (χ4v) is 2.75. The van der Waals surface area contributed by atoms with E-state index in [1.54, 1.807) is 12.1 Å². The normalized spacial score (nSPS) is 14.8. The van der Waals surface area contributed by atoms with Crippen LogP contribution in [-0.4, -0.2) is 38.5 Å². The molecule has 1 aromatic heterocycles. The van der Waals surface area contributed by atoms with E-state index >= 15 is 0 Å². The van der Waals surface area contributed by atoms with Crippen molar-refractivity contribution in [1.82, 2.24) is 15.0 Å². The third-order valence-electron chi connectivity index (χ3n) is 4.70. The van der Waals surface area contributed by atoms with Crippen LogP contribution in [0.2, 0.25) is 0 Å². The third kappa shape index (κ3) is 4.07. The van der Waals surface area contributed by atoms with Gasteiger partial charge in [-0.15, -0.1) is 0 Å². The molecule has 0 spiro atoms. The number of carbonyl (C=O) groups excluding carboxylic acids is 1. The highest BCUT2D eigenvalue weighted by atomic mass is 16.6. The number of carbonyl (C=O) groups is 1. The maximum Gasteiger partial charge on any atom is 0.269 e. The van der Waals surface area contributed by atoms with Crippen LogP contribution in [0.4, 0.5) is 5.69 Å². The van der Waals surface area contributed by atoms with E-state index in [9.17, 15) is 14.9 Å². The number of benzene rings is 1. The minimum absolute atomic E-state index is 0.0141. The Hall–Kier alpha value is -2.77. The molecule has 3 rings (SSSR count). The Morgan fingerprint density at radius 1 is 1.38 bits per heavy atom. The highest BCUT2D eigenvalue weighted by Crippen LogP contribution is 2.32. The topological polar surface area (TPSA) is 102 Å². The van der Waals surface area contributed by atoms with Crippen LogP contribution in [-0.2, 0) is 11.2 Å². The largest absolute Gasteiger partial charge is 0.339 e. The van der Waals surface area contributed by atoms with Crippen molar-refractivity contribution in [3.05, 3.63) is 40.3 Å². The number of aromatic nitrogens is 2. The maximum atomic E-state index is 12.4. The van der Waals surface area contributed by atoms with Crippen LogP contribution in [0.15, 0.2) is 28.8 Å². The minimum atomic E-state index is -0.453. The number of non-ortho nitro benzene ring substituents is 1. The molecular formula is C18H22N4O4. The van der Waals surface area contributed by atoms with Crippen molar-refractivity contribution in [2.24, 2.45) is 5.92 Å². The average molecular weight is 358 g/mol. The zero-order valence-electron chi connectivity index (χ0n) is 14.9. The summed E-state index contributed by atoms with van der Waals surface area (Å²) in [5.74, 6) is 1.24. The van der Waals surface area contributed by atoms with Gasteiger partial charge in [0.15, 0.2) is 0 Å². The van der Waals surface area contributed by atoms with Gasteiger partial charge in [0, 0.05) is 42.6 Å². The maximum absolute atomic E-state index is 12.4. The Morgan fingerprint density at radius 3 is 2.65 bits per heavy atom. The molecule has 0 N–H and O–H groups in total. The van der Waals surface area contributed by atoms with Crippen LogP contribution >= 0.6 is 0 Å². The number of rotatable bonds is 8. The van der Waals surface area contributed by atoms with Gasteiger partial charge in [0.05, 0.1) is 4.92 Å². The first-order valence-corrected chi connectivity index (χ1v) is 8.87. The fourth-order valence-electron chi connectivity index (χ4n) is 2.75. The molecule has 0 bridgehead atoms. The molecule has 1 aliphatic carbocycles. The van der Waals surface area contributed by atoms with Crippen LogP contribution in [0, 0.1) is 16.0 Å². The molecule has 2 aromatic rings. The summed E-state index contributed by atoms with van der Waals surface area (Å²) in [7, 11) is 0. The van der Waals surface area contributed by atoms with E-state index in [1.165, 1.54) is 12.1 Å². The van der Waals surface area contributed by atoms with Gasteiger partial charge in [0.25, 0.3) is 5.69 Å². The Kier molecular flexibility index (Phi) is 5.29. The van der Waals surface area contributed by atoms with Gasteiger partial charge in [0.1, 0.15) is 0 Å². The van der Waals surface area contributed by atoms with E-state index in [-0.39, 0.29) is 23.6 Å². The van der Waals surface area contributed by atoms with Gasteiger partial charge >= 0.3 is 0 Å². The van der Waals surface area contributed by atoms with E-state index in [2.05, 4.69) is 24.0 Å². The van der Waals surface area contributed by atoms with Crippen LogP contribution < -0.4 is 0 Å². The molecule has 1 aliphatic rings. The highest BCUT2D eigenvalue weighted by Gasteiger charge is 2.34. The summed E-state index contributed by atoms with van der Waals surface area (Å²) in [5, 5.41) is 14.6. The SMILES string of the molecule is CC[C@H](C)N(CCc1nc(-c2ccc([N+](=O)[O-])cc2)no1)C(=O)C1CC1. The van der Waals surface area contributed by atoms with Gasteiger partial charge in [0.2, 0.25) is 17.6 Å². The van der Waals surface area contributed by atoms with E-state index in [0.29, 0.717) is 30.2 Å². The second kappa shape index (κ2) is 7.63. The number of hydrogen-bond acceptors (Lipinski definition) is 6. The van der Waals surface area contributed by atoms with Crippen molar-refractivity contribution >= 4 is 11.6 Å². The summed E-state index contributed by atoms with van der Waals surface area (Å²) in [6.45, 7) is 4.67. The zero-order valence-corrected chi connectivity index (χ0v) is 14.9. The van der Waals surface area contributed by atoms with Crippen LogP contribution in [0.25, 0.3) is 11.4 Å². The number of amides is 1. The molecule has 1 heterocycles. The Labute approximate surface area is 151 Å². The summed E-state index contributed by atoms with van der Waals surface area (Å²) in [6.07, 6.45) is 3.35. The molecule has 0 aliphatic heterocycles. The van der Waals surface area contributed by atoms with Crippen molar-refractivity contribution in [1.29, 1.82) is 0 Å². The van der Waals surface area contributed by atoms with E-state index < -0.39 is 4.92 Å². The van der Waals surface area contributed by atoms with Crippen molar-refractivity contribution in [2.75, 3.05) is 6.54 Å². The summed E-state index contributed by atoms with van der Waals surface area (Å²) in [6, 6.07) is 6.18. The summed E-state index contributed by atoms with van der Waals surface area (Å²) >= 11 is 0. The first kappa shape index (κ1) is 18.0. The van der Waals surface area contributed by atoms with Crippen molar-refractivity contribution in [3.63, 3.8) is 0 Å². The number of hydrogen-bond donors (Lipinski definition) is 0. The van der Waals surface area contributed by atoms with Crippen LogP contribution in [0.3, 0.4) is 0 Å². The Balaban J connectivity index is 1.65. The molecule has 26 heavy (non-hydrogen) atoms. The van der Waals surface area contributed by atoms with E-state index in [0.717, 1.165) is 19.3 Å². The first-order chi connectivity index (χ1) is 12.5. The summed E-state index contributed by atoms with van der Waals surface area (Å²) < 4.78 is 5.28. The smallest absolute Gasteiger partial charge is 0.269 e. The van der Waals surface area contributed by atoms with Crippen molar-refractivity contribution < 1.29 is 14.2 Å². The van der Waals surface area contributed by atoms with Crippen LogP contribution in [0.5, 0.6) is 0 Å². The van der Waals surface area contributed by atoms with Crippen LogP contribution in [0.1, 0.15) is 39.0 Å². The lowest BCUT2D eigenvalue weighted by molar-refractivity contribution is -0.384. The lowest BCUT2D eigenvalue weighted by atomic mass is 10.2. The number of nitrogens with zero attached hydrogens (tertiary/aromatic N) is 4. The Bertz CT molecular complexity index is 783. The van der Waals surface area contributed by atoms with Gasteiger partial charge in [-0.2, -0.15) is 4.98 Å². The predicted octanol–water partition coefficient (Wildman–Crippen LogP) is 3.22. The van der Waals surface area contributed by atoms with Gasteiger partial charge in [-0.1, -0.05) is 12.1 Å². The molecular weight excluding hydrogens is 336 g/mol. The lowest BCUT2D eigenvalue weighted by Gasteiger charge is -2.28. The molecule has 8 nitrogen and oxygen atoms in total. The number of nitro benzene ring substituents is 1. The van der Waals surface area contributed by atoms with Crippen molar-refractivity contribution in [3.8, 4) is 11.4 Å². The second-order valence-electron chi connectivity index (χ2n) is 6.63. The summed E-state index contributed by atoms with van der Waals surface area (Å²) in [5.41, 5.74) is 0.665. The quantitative estimate of drug-likeness (QED) is 0.530. The van der Waals surface area contributed by atoms with Crippen molar-refractivity contribution in [2.45, 2.75) is 45.6 Å². The molecule has 1 fully saturated rings. The van der Waals surface area contributed by atoms with E-state index in [1.807, 2.05) is 4.90 Å². The highest BCUT2D eigenvalue weighted by molar-refractivity contribution is 5.81. The zero-order chi connectivity index (χ0) is 18.7. The molecule has 0 saturated heterocycles. The van der Waals surface area contributed by atoms with E-state index in [4.69, 9.17) is 4.52 Å². The molecule has 1 aromatic carbocycles. The van der Waals surface area contributed by atoms with Gasteiger partial charge in [-0.3, -0.25) is 14.9 Å². The Morgan fingerprint density at radius 2 is 2.08 bits per heavy atom. The molecule has 1 atom stereocenters. The fraction of sp³-hybridized carbons (Fsp3) is 0.500. The van der Waals surface area contributed by atoms with Gasteiger partial charge < -0.3 is 9.42 Å². The second-order valence-corrected chi connectivity index (χ2v) is 6.63. The molecule has 1 amide bonds. The molecule has 8 heteroatoms. The lowest BCUT2D eigenvalue weighted by Crippen LogP contribution is -2.40. The number of nitro groups is 1.